The maximum absolute atomic E-state index is 11.2. The first-order valence-corrected chi connectivity index (χ1v) is 5.11. The van der Waals surface area contributed by atoms with Crippen LogP contribution in [0.4, 0.5) is 4.79 Å². The molecule has 0 aromatic heterocycles. The van der Waals surface area contributed by atoms with Gasteiger partial charge in [0.1, 0.15) is 5.60 Å². The van der Waals surface area contributed by atoms with Gasteiger partial charge in [-0.05, 0) is 20.8 Å². The summed E-state index contributed by atoms with van der Waals surface area (Å²) in [5.41, 5.74) is -0.548. The first-order chi connectivity index (χ1) is 6.76. The first kappa shape index (κ1) is 14.3. The summed E-state index contributed by atoms with van der Waals surface area (Å²) >= 11 is 5.67. The second-order valence-corrected chi connectivity index (χ2v) is 4.63. The molecule has 0 rings (SSSR count). The lowest BCUT2D eigenvalue weighted by molar-refractivity contribution is 0.0494. The molecule has 2 atom stereocenters. The number of alkyl halides is 1. The van der Waals surface area contributed by atoms with Crippen molar-refractivity contribution in [3.63, 3.8) is 0 Å². The standard InChI is InChI=1S/C10H18ClNO3/c1-5-7(11)8(13)6-12-9(14)15-10(2,3)4/h5,7-8,13H,1,6H2,2-4H3,(H,12,14)/t7-,8+/m0/s1. The van der Waals surface area contributed by atoms with Crippen molar-refractivity contribution in [1.82, 2.24) is 5.32 Å². The number of ether oxygens (including phenoxy) is 1. The molecule has 0 fully saturated rings. The molecule has 0 aromatic carbocycles. The zero-order valence-electron chi connectivity index (χ0n) is 9.29. The molecular formula is C10H18ClNO3. The van der Waals surface area contributed by atoms with E-state index in [1.165, 1.54) is 6.08 Å². The number of hydrogen-bond acceptors (Lipinski definition) is 3. The Morgan fingerprint density at radius 3 is 2.60 bits per heavy atom. The van der Waals surface area contributed by atoms with E-state index < -0.39 is 23.2 Å². The topological polar surface area (TPSA) is 58.6 Å². The molecule has 0 aliphatic carbocycles. The van der Waals surface area contributed by atoms with E-state index in [9.17, 15) is 9.90 Å². The minimum absolute atomic E-state index is 0.0368. The van der Waals surface area contributed by atoms with Crippen LogP contribution in [-0.4, -0.2) is 34.8 Å². The molecule has 15 heavy (non-hydrogen) atoms. The van der Waals surface area contributed by atoms with Crippen molar-refractivity contribution >= 4 is 17.7 Å². The molecule has 0 bridgehead atoms. The van der Waals surface area contributed by atoms with Crippen LogP contribution < -0.4 is 5.32 Å². The van der Waals surface area contributed by atoms with Crippen LogP contribution in [0.3, 0.4) is 0 Å². The number of nitrogens with one attached hydrogen (secondary N) is 1. The molecule has 4 nitrogen and oxygen atoms in total. The molecule has 0 radical (unpaired) electrons. The van der Waals surface area contributed by atoms with Crippen molar-refractivity contribution in [3.05, 3.63) is 12.7 Å². The molecule has 5 heteroatoms. The van der Waals surface area contributed by atoms with Crippen molar-refractivity contribution in [3.8, 4) is 0 Å². The number of rotatable bonds is 4. The van der Waals surface area contributed by atoms with E-state index in [1.807, 2.05) is 0 Å². The normalized spacial score (nSPS) is 15.3. The fourth-order valence-electron chi connectivity index (χ4n) is 0.772. The highest BCUT2D eigenvalue weighted by atomic mass is 35.5. The Bertz CT molecular complexity index is 225. The lowest BCUT2D eigenvalue weighted by Crippen LogP contribution is -2.39. The Morgan fingerprint density at radius 1 is 1.67 bits per heavy atom. The predicted octanol–water partition coefficient (Wildman–Crippen LogP) is 1.67. The van der Waals surface area contributed by atoms with E-state index in [4.69, 9.17) is 16.3 Å². The van der Waals surface area contributed by atoms with Gasteiger partial charge in [0.15, 0.2) is 0 Å². The average molecular weight is 236 g/mol. The van der Waals surface area contributed by atoms with Crippen molar-refractivity contribution in [1.29, 1.82) is 0 Å². The molecule has 2 N–H and O–H groups in total. The van der Waals surface area contributed by atoms with Gasteiger partial charge in [0, 0.05) is 6.54 Å². The van der Waals surface area contributed by atoms with Gasteiger partial charge >= 0.3 is 6.09 Å². The molecule has 0 spiro atoms. The number of amides is 1. The van der Waals surface area contributed by atoms with Gasteiger partial charge < -0.3 is 15.2 Å². The van der Waals surface area contributed by atoms with Crippen molar-refractivity contribution < 1.29 is 14.6 Å². The molecule has 1 amide bonds. The van der Waals surface area contributed by atoms with Crippen molar-refractivity contribution in [2.24, 2.45) is 0 Å². The zero-order chi connectivity index (χ0) is 12.1. The van der Waals surface area contributed by atoms with Crippen LogP contribution in [0.2, 0.25) is 0 Å². The fraction of sp³-hybridized carbons (Fsp3) is 0.700. The van der Waals surface area contributed by atoms with Crippen LogP contribution in [0.5, 0.6) is 0 Å². The van der Waals surface area contributed by atoms with Crippen LogP contribution in [0.25, 0.3) is 0 Å². The second kappa shape index (κ2) is 5.98. The van der Waals surface area contributed by atoms with E-state index in [1.54, 1.807) is 20.8 Å². The van der Waals surface area contributed by atoms with E-state index in [2.05, 4.69) is 11.9 Å². The van der Waals surface area contributed by atoms with E-state index >= 15 is 0 Å². The third-order valence-corrected chi connectivity index (χ3v) is 1.92. The number of aliphatic hydroxyl groups excluding tert-OH is 1. The Labute approximate surface area is 95.3 Å². The third kappa shape index (κ3) is 7.22. The zero-order valence-corrected chi connectivity index (χ0v) is 10.0. The molecule has 88 valence electrons. The maximum Gasteiger partial charge on any atom is 0.407 e. The fourth-order valence-corrected chi connectivity index (χ4v) is 0.861. The first-order valence-electron chi connectivity index (χ1n) is 4.68. The molecule has 0 aliphatic heterocycles. The lowest BCUT2D eigenvalue weighted by atomic mass is 10.2. The summed E-state index contributed by atoms with van der Waals surface area (Å²) in [5.74, 6) is 0. The summed E-state index contributed by atoms with van der Waals surface area (Å²) in [4.78, 5) is 11.2. The number of aliphatic hydroxyl groups is 1. The minimum Gasteiger partial charge on any atom is -0.444 e. The summed E-state index contributed by atoms with van der Waals surface area (Å²) in [6.07, 6.45) is -0.0330. The van der Waals surface area contributed by atoms with Gasteiger partial charge in [-0.2, -0.15) is 0 Å². The van der Waals surface area contributed by atoms with Crippen molar-refractivity contribution in [2.45, 2.75) is 37.9 Å². The Hall–Kier alpha value is -0.740. The highest BCUT2D eigenvalue weighted by Gasteiger charge is 2.18. The van der Waals surface area contributed by atoms with Gasteiger partial charge in [0.2, 0.25) is 0 Å². The number of alkyl carbamates (subject to hydrolysis) is 1. The van der Waals surface area contributed by atoms with Gasteiger partial charge in [0.05, 0.1) is 11.5 Å². The average Bonchev–Trinajstić information content (AvgIpc) is 2.10. The quantitative estimate of drug-likeness (QED) is 0.576. The van der Waals surface area contributed by atoms with Gasteiger partial charge in [-0.1, -0.05) is 6.08 Å². The van der Waals surface area contributed by atoms with Gasteiger partial charge in [-0.25, -0.2) is 4.79 Å². The van der Waals surface area contributed by atoms with Crippen LogP contribution in [0.1, 0.15) is 20.8 Å². The van der Waals surface area contributed by atoms with E-state index in [-0.39, 0.29) is 6.54 Å². The number of carbonyl (C=O) groups excluding carboxylic acids is 1. The maximum atomic E-state index is 11.2. The molecule has 0 unspecified atom stereocenters. The van der Waals surface area contributed by atoms with Crippen LogP contribution >= 0.6 is 11.6 Å². The molecule has 0 heterocycles. The number of carbonyl (C=O) groups is 1. The smallest absolute Gasteiger partial charge is 0.407 e. The van der Waals surface area contributed by atoms with E-state index in [0.717, 1.165) is 0 Å². The molecule has 0 aliphatic rings. The predicted molar refractivity (Wildman–Crippen MR) is 60.1 cm³/mol. The summed E-state index contributed by atoms with van der Waals surface area (Å²) in [5, 5.41) is 11.2. The van der Waals surface area contributed by atoms with Crippen LogP contribution in [0.15, 0.2) is 12.7 Å². The Kier molecular flexibility index (Phi) is 5.68. The molecule has 0 saturated heterocycles. The Morgan fingerprint density at radius 2 is 2.20 bits per heavy atom. The molecule has 0 saturated carbocycles. The minimum atomic E-state index is -0.864. The summed E-state index contributed by atoms with van der Waals surface area (Å²) in [6.45, 7) is 8.75. The van der Waals surface area contributed by atoms with Gasteiger partial charge in [-0.3, -0.25) is 0 Å². The summed E-state index contributed by atoms with van der Waals surface area (Å²) in [6, 6.07) is 0. The van der Waals surface area contributed by atoms with Crippen molar-refractivity contribution in [2.75, 3.05) is 6.54 Å². The lowest BCUT2D eigenvalue weighted by Gasteiger charge is -2.21. The molecular weight excluding hydrogens is 218 g/mol. The molecule has 0 aromatic rings. The summed E-state index contributed by atoms with van der Waals surface area (Å²) in [7, 11) is 0. The third-order valence-electron chi connectivity index (χ3n) is 1.45. The second-order valence-electron chi connectivity index (χ2n) is 4.13. The van der Waals surface area contributed by atoms with Gasteiger partial charge in [0.25, 0.3) is 0 Å². The SMILES string of the molecule is C=C[C@H](Cl)[C@H](O)CNC(=O)OC(C)(C)C. The largest absolute Gasteiger partial charge is 0.444 e. The Balaban J connectivity index is 3.86. The monoisotopic (exact) mass is 235 g/mol. The highest BCUT2D eigenvalue weighted by molar-refractivity contribution is 6.22. The van der Waals surface area contributed by atoms with E-state index in [0.29, 0.717) is 0 Å². The number of hydrogen-bond donors (Lipinski definition) is 2. The highest BCUT2D eigenvalue weighted by Crippen LogP contribution is 2.07. The van der Waals surface area contributed by atoms with Gasteiger partial charge in [-0.15, -0.1) is 18.2 Å². The summed E-state index contributed by atoms with van der Waals surface area (Å²) < 4.78 is 4.97. The van der Waals surface area contributed by atoms with Crippen LogP contribution in [-0.2, 0) is 4.74 Å². The number of halogens is 1. The van der Waals surface area contributed by atoms with Crippen LogP contribution in [0, 0.1) is 0 Å².